The van der Waals surface area contributed by atoms with Crippen molar-refractivity contribution in [2.24, 2.45) is 0 Å². The summed E-state index contributed by atoms with van der Waals surface area (Å²) in [5, 5.41) is 11.3. The molecule has 4 rings (SSSR count). The van der Waals surface area contributed by atoms with Crippen LogP contribution in [0.4, 0.5) is 5.69 Å². The number of benzene rings is 2. The molecule has 2 N–H and O–H groups in total. The number of ether oxygens (including phenoxy) is 1. The molecular formula is C22H24ClN5O3. The van der Waals surface area contributed by atoms with Gasteiger partial charge >= 0.3 is 0 Å². The highest BCUT2D eigenvalue weighted by Crippen LogP contribution is 2.27. The first-order valence-corrected chi connectivity index (χ1v) is 10.5. The number of piperazine rings is 1. The van der Waals surface area contributed by atoms with Gasteiger partial charge < -0.3 is 15.0 Å². The van der Waals surface area contributed by atoms with E-state index in [2.05, 4.69) is 20.4 Å². The number of H-pyrrole nitrogens is 1. The standard InChI is InChI=1S/C22H24ClN5O3/c1-31-19-7-6-15(23)14-18(19)24-20(29)8-9-27-10-12-28(13-11-27)22(30)21-16-4-2-3-5-17(16)25-26-21/h2-7,14H,8-13H2,1H3,(H,24,29)(H,25,26). The fourth-order valence-electron chi connectivity index (χ4n) is 3.70. The van der Waals surface area contributed by atoms with Gasteiger partial charge in [-0.15, -0.1) is 0 Å². The number of anilines is 1. The average molecular weight is 442 g/mol. The molecule has 162 valence electrons. The van der Waals surface area contributed by atoms with E-state index in [9.17, 15) is 9.59 Å². The summed E-state index contributed by atoms with van der Waals surface area (Å²) in [6.45, 7) is 3.24. The number of aromatic amines is 1. The smallest absolute Gasteiger partial charge is 0.275 e. The van der Waals surface area contributed by atoms with Gasteiger partial charge in [-0.1, -0.05) is 29.8 Å². The molecule has 2 aromatic carbocycles. The van der Waals surface area contributed by atoms with Gasteiger partial charge in [0.2, 0.25) is 5.91 Å². The van der Waals surface area contributed by atoms with E-state index in [0.29, 0.717) is 61.3 Å². The Kier molecular flexibility index (Phi) is 6.39. The maximum atomic E-state index is 12.9. The summed E-state index contributed by atoms with van der Waals surface area (Å²) >= 11 is 6.01. The Hall–Kier alpha value is -3.10. The predicted octanol–water partition coefficient (Wildman–Crippen LogP) is 3.01. The van der Waals surface area contributed by atoms with E-state index in [-0.39, 0.29) is 11.8 Å². The molecule has 1 saturated heterocycles. The van der Waals surface area contributed by atoms with Crippen molar-refractivity contribution in [3.8, 4) is 5.75 Å². The van der Waals surface area contributed by atoms with Crippen LogP contribution in [0.25, 0.3) is 10.9 Å². The number of methoxy groups -OCH3 is 1. The van der Waals surface area contributed by atoms with Gasteiger partial charge in [0.25, 0.3) is 5.91 Å². The quantitative estimate of drug-likeness (QED) is 0.613. The molecule has 0 unspecified atom stereocenters. The maximum absolute atomic E-state index is 12.9. The number of hydrogen-bond donors (Lipinski definition) is 2. The normalized spacial score (nSPS) is 14.6. The topological polar surface area (TPSA) is 90.6 Å². The number of fused-ring (bicyclic) bond motifs is 1. The van der Waals surface area contributed by atoms with Crippen molar-refractivity contribution in [2.75, 3.05) is 45.2 Å². The molecule has 0 bridgehead atoms. The molecule has 0 saturated carbocycles. The van der Waals surface area contributed by atoms with Crippen molar-refractivity contribution in [2.45, 2.75) is 6.42 Å². The minimum atomic E-state index is -0.109. The van der Waals surface area contributed by atoms with Crippen molar-refractivity contribution in [3.05, 3.63) is 53.2 Å². The number of halogens is 1. The van der Waals surface area contributed by atoms with Crippen LogP contribution in [-0.4, -0.2) is 71.6 Å². The minimum absolute atomic E-state index is 0.0668. The van der Waals surface area contributed by atoms with Gasteiger partial charge in [-0.2, -0.15) is 5.10 Å². The summed E-state index contributed by atoms with van der Waals surface area (Å²) in [4.78, 5) is 29.2. The maximum Gasteiger partial charge on any atom is 0.275 e. The Morgan fingerprint density at radius 2 is 1.94 bits per heavy atom. The van der Waals surface area contributed by atoms with Gasteiger partial charge in [-0.3, -0.25) is 19.6 Å². The molecule has 2 amide bonds. The third-order valence-electron chi connectivity index (χ3n) is 5.42. The Labute approximate surface area is 185 Å². The monoisotopic (exact) mass is 441 g/mol. The second kappa shape index (κ2) is 9.36. The summed E-state index contributed by atoms with van der Waals surface area (Å²) in [5.41, 5.74) is 1.87. The van der Waals surface area contributed by atoms with Crippen LogP contribution in [0.1, 0.15) is 16.9 Å². The van der Waals surface area contributed by atoms with Gasteiger partial charge in [0.05, 0.1) is 18.3 Å². The van der Waals surface area contributed by atoms with E-state index >= 15 is 0 Å². The van der Waals surface area contributed by atoms with E-state index in [0.717, 1.165) is 10.9 Å². The van der Waals surface area contributed by atoms with Crippen molar-refractivity contribution in [3.63, 3.8) is 0 Å². The molecule has 0 spiro atoms. The molecule has 0 atom stereocenters. The lowest BCUT2D eigenvalue weighted by Gasteiger charge is -2.34. The highest BCUT2D eigenvalue weighted by molar-refractivity contribution is 6.31. The third-order valence-corrected chi connectivity index (χ3v) is 5.66. The molecular weight excluding hydrogens is 418 g/mol. The van der Waals surface area contributed by atoms with Crippen LogP contribution in [0.2, 0.25) is 5.02 Å². The SMILES string of the molecule is COc1ccc(Cl)cc1NC(=O)CCN1CCN(C(=O)c2n[nH]c3ccccc23)CC1. The average Bonchev–Trinajstić information content (AvgIpc) is 3.22. The lowest BCUT2D eigenvalue weighted by atomic mass is 10.2. The van der Waals surface area contributed by atoms with Gasteiger partial charge in [-0.25, -0.2) is 0 Å². The van der Waals surface area contributed by atoms with Crippen LogP contribution >= 0.6 is 11.6 Å². The van der Waals surface area contributed by atoms with E-state index in [1.807, 2.05) is 29.2 Å². The second-order valence-electron chi connectivity index (χ2n) is 7.39. The van der Waals surface area contributed by atoms with Gasteiger partial charge in [0.1, 0.15) is 5.75 Å². The third kappa shape index (κ3) is 4.81. The molecule has 1 aliphatic rings. The fraction of sp³-hybridized carbons (Fsp3) is 0.318. The Balaban J connectivity index is 1.27. The van der Waals surface area contributed by atoms with Crippen LogP contribution in [0, 0.1) is 0 Å². The molecule has 31 heavy (non-hydrogen) atoms. The summed E-state index contributed by atoms with van der Waals surface area (Å²) in [7, 11) is 1.55. The van der Waals surface area contributed by atoms with Crippen molar-refractivity contribution in [1.29, 1.82) is 0 Å². The molecule has 9 heteroatoms. The number of para-hydroxylation sites is 1. The number of carbonyl (C=O) groups is 2. The van der Waals surface area contributed by atoms with Crippen LogP contribution < -0.4 is 10.1 Å². The number of hydrogen-bond acceptors (Lipinski definition) is 5. The zero-order valence-corrected chi connectivity index (χ0v) is 18.0. The van der Waals surface area contributed by atoms with Crippen LogP contribution in [0.15, 0.2) is 42.5 Å². The summed E-state index contributed by atoms with van der Waals surface area (Å²) < 4.78 is 5.26. The second-order valence-corrected chi connectivity index (χ2v) is 7.83. The number of rotatable bonds is 6. The zero-order valence-electron chi connectivity index (χ0n) is 17.2. The largest absolute Gasteiger partial charge is 0.495 e. The highest BCUT2D eigenvalue weighted by atomic mass is 35.5. The van der Waals surface area contributed by atoms with Gasteiger partial charge in [0.15, 0.2) is 5.69 Å². The first-order chi connectivity index (χ1) is 15.0. The number of carbonyl (C=O) groups excluding carboxylic acids is 2. The number of aromatic nitrogens is 2. The Morgan fingerprint density at radius 3 is 2.71 bits per heavy atom. The molecule has 3 aromatic rings. The molecule has 8 nitrogen and oxygen atoms in total. The first kappa shape index (κ1) is 21.1. The van der Waals surface area contributed by atoms with Gasteiger partial charge in [0, 0.05) is 49.6 Å². The fourth-order valence-corrected chi connectivity index (χ4v) is 3.87. The van der Waals surface area contributed by atoms with Crippen LogP contribution in [-0.2, 0) is 4.79 Å². The van der Waals surface area contributed by atoms with E-state index in [1.54, 1.807) is 25.3 Å². The van der Waals surface area contributed by atoms with Crippen molar-refractivity contribution >= 4 is 40.0 Å². The van der Waals surface area contributed by atoms with E-state index in [4.69, 9.17) is 16.3 Å². The minimum Gasteiger partial charge on any atom is -0.495 e. The lowest BCUT2D eigenvalue weighted by molar-refractivity contribution is -0.116. The van der Waals surface area contributed by atoms with E-state index in [1.165, 1.54) is 0 Å². The molecule has 1 aliphatic heterocycles. The summed E-state index contributed by atoms with van der Waals surface area (Å²) in [6.07, 6.45) is 0.341. The summed E-state index contributed by atoms with van der Waals surface area (Å²) in [5.74, 6) is 0.390. The molecule has 0 aliphatic carbocycles. The molecule has 1 aromatic heterocycles. The van der Waals surface area contributed by atoms with Crippen LogP contribution in [0.5, 0.6) is 5.75 Å². The number of nitrogens with zero attached hydrogens (tertiary/aromatic N) is 3. The van der Waals surface area contributed by atoms with Crippen molar-refractivity contribution < 1.29 is 14.3 Å². The van der Waals surface area contributed by atoms with Gasteiger partial charge in [-0.05, 0) is 24.3 Å². The Bertz CT molecular complexity index is 1090. The number of amides is 2. The first-order valence-electron chi connectivity index (χ1n) is 10.1. The zero-order chi connectivity index (χ0) is 21.8. The molecule has 1 fully saturated rings. The molecule has 0 radical (unpaired) electrons. The lowest BCUT2D eigenvalue weighted by Crippen LogP contribution is -2.49. The Morgan fingerprint density at radius 1 is 1.16 bits per heavy atom. The summed E-state index contributed by atoms with van der Waals surface area (Å²) in [6, 6.07) is 12.7. The highest BCUT2D eigenvalue weighted by Gasteiger charge is 2.25. The van der Waals surface area contributed by atoms with Crippen LogP contribution in [0.3, 0.4) is 0 Å². The van der Waals surface area contributed by atoms with Crippen molar-refractivity contribution in [1.82, 2.24) is 20.0 Å². The predicted molar refractivity (Wildman–Crippen MR) is 120 cm³/mol. The molecule has 2 heterocycles. The number of nitrogens with one attached hydrogen (secondary N) is 2. The van der Waals surface area contributed by atoms with E-state index < -0.39 is 0 Å².